The van der Waals surface area contributed by atoms with E-state index in [1.54, 1.807) is 11.3 Å². The molecular formula is C19H22N6OS2. The second-order valence-electron chi connectivity index (χ2n) is 6.57. The molecule has 0 aliphatic rings. The number of rotatable bonds is 9. The van der Waals surface area contributed by atoms with Gasteiger partial charge in [-0.1, -0.05) is 17.4 Å². The summed E-state index contributed by atoms with van der Waals surface area (Å²) >= 11 is 3.27. The van der Waals surface area contributed by atoms with Crippen molar-refractivity contribution in [3.63, 3.8) is 0 Å². The van der Waals surface area contributed by atoms with Crippen LogP contribution in [0.1, 0.15) is 11.3 Å². The number of thiophene rings is 1. The van der Waals surface area contributed by atoms with Crippen molar-refractivity contribution >= 4 is 32.8 Å². The van der Waals surface area contributed by atoms with E-state index in [4.69, 9.17) is 4.74 Å². The van der Waals surface area contributed by atoms with Crippen LogP contribution < -0.4 is 10.1 Å². The summed E-state index contributed by atoms with van der Waals surface area (Å²) < 4.78 is 7.56. The third-order valence-corrected chi connectivity index (χ3v) is 5.87. The van der Waals surface area contributed by atoms with E-state index in [-0.39, 0.29) is 0 Å². The minimum absolute atomic E-state index is 0.639. The predicted molar refractivity (Wildman–Crippen MR) is 114 cm³/mol. The van der Waals surface area contributed by atoms with Gasteiger partial charge in [-0.15, -0.1) is 16.4 Å². The van der Waals surface area contributed by atoms with Gasteiger partial charge in [-0.25, -0.2) is 14.5 Å². The van der Waals surface area contributed by atoms with Crippen LogP contribution in [0, 0.1) is 0 Å². The predicted octanol–water partition coefficient (Wildman–Crippen LogP) is 3.86. The topological polar surface area (TPSA) is 67.6 Å². The van der Waals surface area contributed by atoms with E-state index in [9.17, 15) is 0 Å². The summed E-state index contributed by atoms with van der Waals surface area (Å²) in [6, 6.07) is 8.05. The van der Waals surface area contributed by atoms with E-state index in [2.05, 4.69) is 56.9 Å². The molecule has 0 aliphatic heterocycles. The molecule has 146 valence electrons. The molecule has 4 aromatic heterocycles. The molecule has 0 amide bonds. The van der Waals surface area contributed by atoms with E-state index >= 15 is 0 Å². The Morgan fingerprint density at radius 1 is 1.18 bits per heavy atom. The molecule has 1 N–H and O–H groups in total. The number of nitrogens with one attached hydrogen (secondary N) is 1. The van der Waals surface area contributed by atoms with E-state index in [1.807, 2.05) is 29.0 Å². The van der Waals surface area contributed by atoms with Gasteiger partial charge in [-0.2, -0.15) is 0 Å². The summed E-state index contributed by atoms with van der Waals surface area (Å²) in [7, 11) is 4.11. The molecule has 0 saturated heterocycles. The van der Waals surface area contributed by atoms with Gasteiger partial charge in [0.15, 0.2) is 0 Å². The minimum atomic E-state index is 0.639. The van der Waals surface area contributed by atoms with Crippen LogP contribution in [-0.2, 0) is 6.54 Å². The van der Waals surface area contributed by atoms with Crippen LogP contribution in [0.5, 0.6) is 5.88 Å². The minimum Gasteiger partial charge on any atom is -0.478 e. The van der Waals surface area contributed by atoms with Gasteiger partial charge in [0.1, 0.15) is 0 Å². The molecule has 7 nitrogen and oxygen atoms in total. The first-order valence-corrected chi connectivity index (χ1v) is 10.7. The fraction of sp³-hybridized carbons (Fsp3) is 0.316. The van der Waals surface area contributed by atoms with Crippen molar-refractivity contribution in [3.05, 3.63) is 46.9 Å². The Morgan fingerprint density at radius 2 is 2.11 bits per heavy atom. The fourth-order valence-corrected chi connectivity index (χ4v) is 4.13. The molecule has 0 unspecified atom stereocenters. The summed E-state index contributed by atoms with van der Waals surface area (Å²) in [6.45, 7) is 2.43. The Balaban J connectivity index is 1.42. The first-order chi connectivity index (χ1) is 13.7. The summed E-state index contributed by atoms with van der Waals surface area (Å²) in [6.07, 6.45) is 4.61. The van der Waals surface area contributed by atoms with Crippen molar-refractivity contribution in [3.8, 4) is 17.1 Å². The molecule has 0 radical (unpaired) electrons. The van der Waals surface area contributed by atoms with Crippen molar-refractivity contribution in [2.45, 2.75) is 13.0 Å². The first kappa shape index (κ1) is 18.9. The highest BCUT2D eigenvalue weighted by atomic mass is 32.1. The molecule has 28 heavy (non-hydrogen) atoms. The molecule has 4 rings (SSSR count). The van der Waals surface area contributed by atoms with E-state index < -0.39 is 0 Å². The van der Waals surface area contributed by atoms with Gasteiger partial charge in [-0.05, 0) is 38.0 Å². The smallest absolute Gasteiger partial charge is 0.214 e. The largest absolute Gasteiger partial charge is 0.478 e. The van der Waals surface area contributed by atoms with Crippen LogP contribution in [0.15, 0.2) is 42.0 Å². The summed E-state index contributed by atoms with van der Waals surface area (Å²) in [5, 5.41) is 10.9. The highest BCUT2D eigenvalue weighted by molar-refractivity contribution is 7.20. The van der Waals surface area contributed by atoms with Crippen molar-refractivity contribution in [1.29, 1.82) is 0 Å². The number of aromatic nitrogens is 4. The molecule has 0 fully saturated rings. The van der Waals surface area contributed by atoms with Crippen LogP contribution in [0.25, 0.3) is 16.2 Å². The van der Waals surface area contributed by atoms with Gasteiger partial charge >= 0.3 is 0 Å². The summed E-state index contributed by atoms with van der Waals surface area (Å²) in [5.41, 5.74) is 1.88. The van der Waals surface area contributed by atoms with E-state index in [0.29, 0.717) is 12.5 Å². The molecule has 0 bridgehead atoms. The Morgan fingerprint density at radius 3 is 2.86 bits per heavy atom. The number of fused-ring (bicyclic) bond motifs is 1. The lowest BCUT2D eigenvalue weighted by Crippen LogP contribution is -2.15. The number of imidazole rings is 1. The first-order valence-electron chi connectivity index (χ1n) is 9.04. The fourth-order valence-electron chi connectivity index (χ4n) is 2.71. The zero-order valence-corrected chi connectivity index (χ0v) is 17.5. The van der Waals surface area contributed by atoms with Gasteiger partial charge in [0, 0.05) is 29.2 Å². The third kappa shape index (κ3) is 4.49. The Bertz CT molecular complexity index is 1010. The summed E-state index contributed by atoms with van der Waals surface area (Å²) in [5.74, 6) is 0.639. The molecule has 0 spiro atoms. The zero-order chi connectivity index (χ0) is 19.3. The molecular weight excluding hydrogens is 392 g/mol. The molecule has 4 aromatic rings. The molecule has 0 atom stereocenters. The maximum atomic E-state index is 5.70. The van der Waals surface area contributed by atoms with Gasteiger partial charge in [-0.3, -0.25) is 0 Å². The second kappa shape index (κ2) is 8.68. The SMILES string of the molecule is CN(C)CCCOc1ccc(-c2cnc3sc(NCc4cccs4)nn23)cn1. The molecule has 0 saturated carbocycles. The monoisotopic (exact) mass is 414 g/mol. The number of pyridine rings is 1. The van der Waals surface area contributed by atoms with Crippen molar-refractivity contribution < 1.29 is 4.74 Å². The van der Waals surface area contributed by atoms with Gasteiger partial charge in [0.2, 0.25) is 16.0 Å². The van der Waals surface area contributed by atoms with Crippen molar-refractivity contribution in [2.24, 2.45) is 0 Å². The van der Waals surface area contributed by atoms with Crippen LogP contribution >= 0.6 is 22.7 Å². The van der Waals surface area contributed by atoms with Crippen LogP contribution in [0.4, 0.5) is 5.13 Å². The average Bonchev–Trinajstić information content (AvgIpc) is 3.41. The lowest BCUT2D eigenvalue weighted by atomic mass is 10.2. The van der Waals surface area contributed by atoms with E-state index in [1.165, 1.54) is 16.2 Å². The maximum absolute atomic E-state index is 5.70. The number of nitrogens with zero attached hydrogens (tertiary/aromatic N) is 5. The third-order valence-electron chi connectivity index (χ3n) is 4.11. The average molecular weight is 415 g/mol. The van der Waals surface area contributed by atoms with Gasteiger partial charge < -0.3 is 15.0 Å². The standard InChI is InChI=1S/C19H22N6OS2/c1-24(2)8-4-9-26-17-7-6-14(11-20-17)16-13-22-19-25(16)23-18(28-19)21-12-15-5-3-10-27-15/h3,5-7,10-11,13H,4,8-9,12H2,1-2H3,(H,21,23). The normalized spacial score (nSPS) is 11.4. The zero-order valence-electron chi connectivity index (χ0n) is 15.8. The Kier molecular flexibility index (Phi) is 5.84. The Labute approximate surface area is 171 Å². The maximum Gasteiger partial charge on any atom is 0.214 e. The van der Waals surface area contributed by atoms with Crippen LogP contribution in [0.3, 0.4) is 0 Å². The lowest BCUT2D eigenvalue weighted by Gasteiger charge is -2.09. The molecule has 4 heterocycles. The van der Waals surface area contributed by atoms with E-state index in [0.717, 1.165) is 40.9 Å². The van der Waals surface area contributed by atoms with Crippen LogP contribution in [0.2, 0.25) is 0 Å². The molecule has 0 aliphatic carbocycles. The number of hydrogen-bond donors (Lipinski definition) is 1. The highest BCUT2D eigenvalue weighted by Gasteiger charge is 2.12. The molecule has 0 aromatic carbocycles. The van der Waals surface area contributed by atoms with Crippen molar-refractivity contribution in [2.75, 3.05) is 32.6 Å². The van der Waals surface area contributed by atoms with Gasteiger partial charge in [0.25, 0.3) is 0 Å². The second-order valence-corrected chi connectivity index (χ2v) is 8.56. The quantitative estimate of drug-likeness (QED) is 0.420. The summed E-state index contributed by atoms with van der Waals surface area (Å²) in [4.78, 5) is 13.2. The van der Waals surface area contributed by atoms with Crippen LogP contribution in [-0.4, -0.2) is 51.7 Å². The van der Waals surface area contributed by atoms with Gasteiger partial charge in [0.05, 0.1) is 25.0 Å². The number of anilines is 1. The number of hydrogen-bond acceptors (Lipinski definition) is 8. The van der Waals surface area contributed by atoms with Crippen molar-refractivity contribution in [1.82, 2.24) is 24.5 Å². The Hall–Kier alpha value is -2.49. The highest BCUT2D eigenvalue weighted by Crippen LogP contribution is 2.27. The molecule has 9 heteroatoms. The lowest BCUT2D eigenvalue weighted by molar-refractivity contribution is 0.273. The number of ether oxygens (including phenoxy) is 1.